The van der Waals surface area contributed by atoms with E-state index in [1.165, 1.54) is 0 Å². The third kappa shape index (κ3) is 2.56. The summed E-state index contributed by atoms with van der Waals surface area (Å²) >= 11 is 0. The van der Waals surface area contributed by atoms with Crippen molar-refractivity contribution >= 4 is 17.5 Å². The van der Waals surface area contributed by atoms with E-state index in [1.807, 2.05) is 13.8 Å². The van der Waals surface area contributed by atoms with Crippen LogP contribution in [0, 0.1) is 17.3 Å². The molecule has 2 rings (SSSR count). The third-order valence-electron chi connectivity index (χ3n) is 4.17. The minimum atomic E-state index is -0.335. The first-order valence-corrected chi connectivity index (χ1v) is 7.25. The summed E-state index contributed by atoms with van der Waals surface area (Å²) in [7, 11) is 0. The number of hydrogen-bond donors (Lipinski definition) is 0. The minimum Gasteiger partial charge on any atom is -0.463 e. The van der Waals surface area contributed by atoms with Gasteiger partial charge in [-0.25, -0.2) is 4.79 Å². The zero-order chi connectivity index (χ0) is 15.1. The van der Waals surface area contributed by atoms with Gasteiger partial charge in [-0.05, 0) is 25.7 Å². The molecule has 1 heterocycles. The van der Waals surface area contributed by atoms with Crippen molar-refractivity contribution in [3.8, 4) is 0 Å². The molecule has 0 spiro atoms. The Morgan fingerprint density at radius 1 is 1.40 bits per heavy atom. The number of carbonyl (C=O) groups is 2. The van der Waals surface area contributed by atoms with Gasteiger partial charge in [0.2, 0.25) is 0 Å². The van der Waals surface area contributed by atoms with E-state index in [1.54, 1.807) is 6.92 Å². The number of hydrogen-bond acceptors (Lipinski definition) is 4. The largest absolute Gasteiger partial charge is 0.463 e. The summed E-state index contributed by atoms with van der Waals surface area (Å²) in [5.41, 5.74) is 2.17. The predicted molar refractivity (Wildman–Crippen MR) is 77.4 cm³/mol. The van der Waals surface area contributed by atoms with Gasteiger partial charge < -0.3 is 4.74 Å². The molecule has 2 unspecified atom stereocenters. The van der Waals surface area contributed by atoms with Crippen molar-refractivity contribution in [2.45, 2.75) is 47.5 Å². The van der Waals surface area contributed by atoms with Crippen LogP contribution in [-0.2, 0) is 14.3 Å². The van der Waals surface area contributed by atoms with Gasteiger partial charge in [0, 0.05) is 23.7 Å². The number of carbonyl (C=O) groups excluding carboxylic acids is 2. The molecule has 20 heavy (non-hydrogen) atoms. The Bertz CT molecular complexity index is 514. The first-order chi connectivity index (χ1) is 9.26. The van der Waals surface area contributed by atoms with Crippen molar-refractivity contribution in [1.29, 1.82) is 0 Å². The lowest BCUT2D eigenvalue weighted by Crippen LogP contribution is -2.44. The van der Waals surface area contributed by atoms with Crippen molar-refractivity contribution in [2.75, 3.05) is 6.61 Å². The molecule has 1 aliphatic carbocycles. The highest BCUT2D eigenvalue weighted by atomic mass is 16.5. The number of ketones is 1. The zero-order valence-corrected chi connectivity index (χ0v) is 12.9. The highest BCUT2D eigenvalue weighted by Crippen LogP contribution is 2.42. The molecular weight excluding hydrogens is 254 g/mol. The lowest BCUT2D eigenvalue weighted by molar-refractivity contribution is -0.139. The average molecular weight is 277 g/mol. The van der Waals surface area contributed by atoms with E-state index in [2.05, 4.69) is 18.8 Å². The number of nitrogens with zero attached hydrogens (tertiary/aromatic N) is 1. The molecule has 1 saturated carbocycles. The number of ether oxygens (including phenoxy) is 1. The van der Waals surface area contributed by atoms with Crippen molar-refractivity contribution in [3.63, 3.8) is 0 Å². The summed E-state index contributed by atoms with van der Waals surface area (Å²) in [5, 5.41) is 0. The van der Waals surface area contributed by atoms with Crippen LogP contribution in [-0.4, -0.2) is 24.1 Å². The van der Waals surface area contributed by atoms with Crippen molar-refractivity contribution < 1.29 is 14.3 Å². The Morgan fingerprint density at radius 3 is 2.65 bits per heavy atom. The van der Waals surface area contributed by atoms with Crippen molar-refractivity contribution in [1.82, 2.24) is 0 Å². The van der Waals surface area contributed by atoms with E-state index in [4.69, 9.17) is 4.74 Å². The molecule has 0 aromatic carbocycles. The topological polar surface area (TPSA) is 55.7 Å². The van der Waals surface area contributed by atoms with E-state index in [0.29, 0.717) is 24.3 Å². The fourth-order valence-corrected chi connectivity index (χ4v) is 3.42. The Hall–Kier alpha value is -1.45. The van der Waals surface area contributed by atoms with E-state index in [-0.39, 0.29) is 29.0 Å². The smallest absolute Gasteiger partial charge is 0.336 e. The standard InChI is InChI=1S/C16H23NO3/c1-6-20-15(19)13-9(2)14-11(17-10(13)3)7-16(4,5)8-12(14)18/h9,14H,6-8H2,1-5H3. The first kappa shape index (κ1) is 14.9. The van der Waals surface area contributed by atoms with Gasteiger partial charge in [-0.1, -0.05) is 20.8 Å². The molecule has 0 aromatic heterocycles. The molecule has 1 fully saturated rings. The molecule has 1 aliphatic heterocycles. The maximum absolute atomic E-state index is 12.4. The van der Waals surface area contributed by atoms with Gasteiger partial charge in [0.1, 0.15) is 5.78 Å². The fourth-order valence-electron chi connectivity index (χ4n) is 3.42. The van der Waals surface area contributed by atoms with Crippen LogP contribution >= 0.6 is 0 Å². The minimum absolute atomic E-state index is 0.0339. The van der Waals surface area contributed by atoms with Gasteiger partial charge in [-0.2, -0.15) is 0 Å². The second kappa shape index (κ2) is 5.15. The average Bonchev–Trinajstić information content (AvgIpc) is 2.25. The third-order valence-corrected chi connectivity index (χ3v) is 4.17. The molecule has 0 amide bonds. The van der Waals surface area contributed by atoms with Crippen LogP contribution < -0.4 is 0 Å². The molecule has 2 aliphatic rings. The van der Waals surface area contributed by atoms with Gasteiger partial charge in [0.05, 0.1) is 18.1 Å². The lowest BCUT2D eigenvalue weighted by Gasteiger charge is -2.39. The highest BCUT2D eigenvalue weighted by molar-refractivity contribution is 6.11. The van der Waals surface area contributed by atoms with Crippen LogP contribution in [0.1, 0.15) is 47.5 Å². The zero-order valence-electron chi connectivity index (χ0n) is 12.9. The maximum Gasteiger partial charge on any atom is 0.336 e. The van der Waals surface area contributed by atoms with Gasteiger partial charge >= 0.3 is 5.97 Å². The lowest BCUT2D eigenvalue weighted by atomic mass is 9.65. The number of Topliss-reactive ketones (excluding diaryl/α,β-unsaturated/α-hetero) is 1. The Labute approximate surface area is 120 Å². The first-order valence-electron chi connectivity index (χ1n) is 7.25. The number of fused-ring (bicyclic) bond motifs is 1. The molecular formula is C16H23NO3. The van der Waals surface area contributed by atoms with E-state index in [9.17, 15) is 9.59 Å². The van der Waals surface area contributed by atoms with Gasteiger partial charge in [0.15, 0.2) is 0 Å². The SMILES string of the molecule is CCOC(=O)C1=C(C)N=C2CC(C)(C)CC(=O)C2C1C. The monoisotopic (exact) mass is 277 g/mol. The normalized spacial score (nSPS) is 28.9. The van der Waals surface area contributed by atoms with Gasteiger partial charge in [-0.3, -0.25) is 9.79 Å². The second-order valence-corrected chi connectivity index (χ2v) is 6.57. The van der Waals surface area contributed by atoms with Gasteiger partial charge in [-0.15, -0.1) is 0 Å². The summed E-state index contributed by atoms with van der Waals surface area (Å²) in [5.74, 6) is -0.518. The molecule has 2 atom stereocenters. The molecule has 0 radical (unpaired) electrons. The number of allylic oxidation sites excluding steroid dienone is 1. The molecule has 4 heteroatoms. The quantitative estimate of drug-likeness (QED) is 0.729. The summed E-state index contributed by atoms with van der Waals surface area (Å²) in [6.07, 6.45) is 1.37. The molecule has 4 nitrogen and oxygen atoms in total. The number of aliphatic imine (C=N–C) groups is 1. The molecule has 110 valence electrons. The molecule has 0 aromatic rings. The Morgan fingerprint density at radius 2 is 2.05 bits per heavy atom. The molecule has 0 saturated heterocycles. The molecule has 0 N–H and O–H groups in total. The van der Waals surface area contributed by atoms with E-state index >= 15 is 0 Å². The Kier molecular flexibility index (Phi) is 3.85. The van der Waals surface area contributed by atoms with E-state index in [0.717, 1.165) is 12.1 Å². The van der Waals surface area contributed by atoms with Gasteiger partial charge in [0.25, 0.3) is 0 Å². The summed E-state index contributed by atoms with van der Waals surface area (Å²) in [6, 6.07) is 0. The van der Waals surface area contributed by atoms with Crippen LogP contribution in [0.15, 0.2) is 16.3 Å². The van der Waals surface area contributed by atoms with Crippen LogP contribution in [0.5, 0.6) is 0 Å². The van der Waals surface area contributed by atoms with Crippen molar-refractivity contribution in [3.05, 3.63) is 11.3 Å². The summed E-state index contributed by atoms with van der Waals surface area (Å²) in [6.45, 7) is 10.1. The van der Waals surface area contributed by atoms with Crippen LogP contribution in [0.3, 0.4) is 0 Å². The van der Waals surface area contributed by atoms with Crippen LogP contribution in [0.25, 0.3) is 0 Å². The molecule has 0 bridgehead atoms. The number of esters is 1. The second-order valence-electron chi connectivity index (χ2n) is 6.57. The van der Waals surface area contributed by atoms with E-state index < -0.39 is 0 Å². The van der Waals surface area contributed by atoms with Crippen LogP contribution in [0.2, 0.25) is 0 Å². The Balaban J connectivity index is 2.41. The maximum atomic E-state index is 12.4. The van der Waals surface area contributed by atoms with Crippen LogP contribution in [0.4, 0.5) is 0 Å². The highest BCUT2D eigenvalue weighted by Gasteiger charge is 2.45. The fraction of sp³-hybridized carbons (Fsp3) is 0.688. The predicted octanol–water partition coefficient (Wildman–Crippen LogP) is 2.92. The summed E-state index contributed by atoms with van der Waals surface area (Å²) < 4.78 is 5.10. The number of rotatable bonds is 2. The van der Waals surface area contributed by atoms with Crippen molar-refractivity contribution in [2.24, 2.45) is 22.2 Å². The summed E-state index contributed by atoms with van der Waals surface area (Å²) in [4.78, 5) is 29.1.